The molecule has 170 valence electrons. The van der Waals surface area contributed by atoms with Crippen LogP contribution < -0.4 is 0 Å². The first-order chi connectivity index (χ1) is 16.7. The van der Waals surface area contributed by atoms with Crippen LogP contribution in [-0.4, -0.2) is 0 Å². The normalized spacial score (nSPS) is 17.3. The Hall–Kier alpha value is -3.55. The van der Waals surface area contributed by atoms with Crippen molar-refractivity contribution in [3.05, 3.63) is 108 Å². The summed E-state index contributed by atoms with van der Waals surface area (Å²) < 4.78 is 0. The molecule has 0 bridgehead atoms. The van der Waals surface area contributed by atoms with Crippen molar-refractivity contribution in [1.82, 2.24) is 0 Å². The molecule has 1 saturated carbocycles. The predicted molar refractivity (Wildman–Crippen MR) is 142 cm³/mol. The molecule has 0 saturated heterocycles. The monoisotopic (exact) mass is 443 g/mol. The number of allylic oxidation sites excluding steroid dienone is 1. The highest BCUT2D eigenvalue weighted by Gasteiger charge is 2.20. The molecule has 1 heteroatoms. The molecule has 3 aromatic rings. The van der Waals surface area contributed by atoms with Gasteiger partial charge in [-0.05, 0) is 90.6 Å². The van der Waals surface area contributed by atoms with E-state index in [-0.39, 0.29) is 0 Å². The number of benzene rings is 3. The molecule has 0 unspecified atom stereocenters. The molecule has 0 heterocycles. The van der Waals surface area contributed by atoms with Crippen molar-refractivity contribution in [2.45, 2.75) is 51.4 Å². The van der Waals surface area contributed by atoms with E-state index in [0.717, 1.165) is 23.0 Å². The van der Waals surface area contributed by atoms with Crippen LogP contribution in [0.5, 0.6) is 0 Å². The fraction of sp³-hybridized carbons (Fsp3) is 0.303. The Morgan fingerprint density at radius 2 is 1.15 bits per heavy atom. The van der Waals surface area contributed by atoms with E-state index >= 15 is 0 Å². The topological polar surface area (TPSA) is 23.8 Å². The summed E-state index contributed by atoms with van der Waals surface area (Å²) in [6, 6.07) is 27.0. The molecule has 3 aromatic carbocycles. The highest BCUT2D eigenvalue weighted by atomic mass is 14.3. The van der Waals surface area contributed by atoms with Gasteiger partial charge in [0.15, 0.2) is 0 Å². The SMILES string of the molecule is C=CCCC1CCC(CCc2ccc(-c3ccc(C#Cc4ccc(C#N)cc4)cc3)cc2)CC1. The molecule has 1 aliphatic rings. The summed E-state index contributed by atoms with van der Waals surface area (Å²) in [5.41, 5.74) is 6.47. The quantitative estimate of drug-likeness (QED) is 0.266. The summed E-state index contributed by atoms with van der Waals surface area (Å²) >= 11 is 0. The first-order valence-electron chi connectivity index (χ1n) is 12.6. The highest BCUT2D eigenvalue weighted by molar-refractivity contribution is 5.64. The molecule has 4 rings (SSSR count). The number of hydrogen-bond donors (Lipinski definition) is 0. The van der Waals surface area contributed by atoms with E-state index in [1.165, 1.54) is 68.1 Å². The van der Waals surface area contributed by atoms with Gasteiger partial charge in [-0.2, -0.15) is 5.26 Å². The maximum atomic E-state index is 8.89. The van der Waals surface area contributed by atoms with E-state index in [1.54, 1.807) is 12.1 Å². The highest BCUT2D eigenvalue weighted by Crippen LogP contribution is 2.34. The van der Waals surface area contributed by atoms with E-state index in [2.05, 4.69) is 79.1 Å². The summed E-state index contributed by atoms with van der Waals surface area (Å²) in [4.78, 5) is 0. The zero-order valence-corrected chi connectivity index (χ0v) is 20.0. The zero-order chi connectivity index (χ0) is 23.6. The van der Waals surface area contributed by atoms with Gasteiger partial charge in [-0.1, -0.05) is 80.0 Å². The standard InChI is InChI=1S/C33H33N/c1-2-3-4-26-5-7-27(8-6-26)9-11-29-17-21-32(22-18-29)33-23-19-30(20-24-33)12-10-28-13-15-31(25-34)16-14-28/h2,13-24,26-27H,1,3-9,11H2. The molecule has 1 fully saturated rings. The Labute approximate surface area is 205 Å². The minimum absolute atomic E-state index is 0.656. The Bertz CT molecular complexity index is 1160. The van der Waals surface area contributed by atoms with Crippen molar-refractivity contribution in [2.24, 2.45) is 11.8 Å². The summed E-state index contributed by atoms with van der Waals surface area (Å²) in [5, 5.41) is 8.89. The van der Waals surface area contributed by atoms with Crippen molar-refractivity contribution in [1.29, 1.82) is 5.26 Å². The van der Waals surface area contributed by atoms with Crippen LogP contribution in [0, 0.1) is 35.0 Å². The van der Waals surface area contributed by atoms with Crippen LogP contribution in [0.3, 0.4) is 0 Å². The second-order valence-electron chi connectivity index (χ2n) is 9.50. The van der Waals surface area contributed by atoms with Gasteiger partial charge in [-0.3, -0.25) is 0 Å². The van der Waals surface area contributed by atoms with Gasteiger partial charge in [-0.15, -0.1) is 6.58 Å². The fourth-order valence-corrected chi connectivity index (χ4v) is 4.92. The van der Waals surface area contributed by atoms with E-state index < -0.39 is 0 Å². The lowest BCUT2D eigenvalue weighted by atomic mass is 9.78. The van der Waals surface area contributed by atoms with Crippen molar-refractivity contribution in [3.8, 4) is 29.0 Å². The van der Waals surface area contributed by atoms with Crippen LogP contribution in [-0.2, 0) is 6.42 Å². The van der Waals surface area contributed by atoms with Crippen molar-refractivity contribution in [3.63, 3.8) is 0 Å². The van der Waals surface area contributed by atoms with Crippen LogP contribution in [0.15, 0.2) is 85.5 Å². The molecular formula is C33H33N. The molecule has 0 amide bonds. The average Bonchev–Trinajstić information content (AvgIpc) is 2.91. The van der Waals surface area contributed by atoms with Gasteiger partial charge in [0.2, 0.25) is 0 Å². The van der Waals surface area contributed by atoms with Gasteiger partial charge in [0.1, 0.15) is 0 Å². The summed E-state index contributed by atoms with van der Waals surface area (Å²) in [6.45, 7) is 3.86. The second-order valence-corrected chi connectivity index (χ2v) is 9.50. The zero-order valence-electron chi connectivity index (χ0n) is 20.0. The molecule has 0 atom stereocenters. The van der Waals surface area contributed by atoms with Gasteiger partial charge in [0, 0.05) is 11.1 Å². The number of aryl methyl sites for hydroxylation is 1. The van der Waals surface area contributed by atoms with E-state index in [1.807, 2.05) is 12.1 Å². The Morgan fingerprint density at radius 3 is 1.68 bits per heavy atom. The predicted octanol–water partition coefficient (Wildman–Crippen LogP) is 8.33. The fourth-order valence-electron chi connectivity index (χ4n) is 4.92. The molecule has 1 nitrogen and oxygen atoms in total. The third-order valence-corrected chi connectivity index (χ3v) is 7.12. The van der Waals surface area contributed by atoms with Gasteiger partial charge in [0.05, 0.1) is 11.6 Å². The minimum atomic E-state index is 0.656. The Morgan fingerprint density at radius 1 is 0.676 bits per heavy atom. The van der Waals surface area contributed by atoms with Gasteiger partial charge in [-0.25, -0.2) is 0 Å². The van der Waals surface area contributed by atoms with Gasteiger partial charge in [0.25, 0.3) is 0 Å². The average molecular weight is 444 g/mol. The largest absolute Gasteiger partial charge is 0.192 e. The lowest BCUT2D eigenvalue weighted by molar-refractivity contribution is 0.254. The lowest BCUT2D eigenvalue weighted by Crippen LogP contribution is -2.15. The minimum Gasteiger partial charge on any atom is -0.192 e. The first kappa shape index (κ1) is 23.6. The number of nitriles is 1. The maximum Gasteiger partial charge on any atom is 0.0991 e. The molecular weight excluding hydrogens is 410 g/mol. The number of hydrogen-bond acceptors (Lipinski definition) is 1. The van der Waals surface area contributed by atoms with Crippen molar-refractivity contribution < 1.29 is 0 Å². The van der Waals surface area contributed by atoms with E-state index in [9.17, 15) is 0 Å². The molecule has 0 spiro atoms. The molecule has 0 aromatic heterocycles. The third kappa shape index (κ3) is 6.73. The number of nitrogens with zero attached hydrogens (tertiary/aromatic N) is 1. The molecule has 0 N–H and O–H groups in total. The molecule has 0 radical (unpaired) electrons. The Kier molecular flexibility index (Phi) is 8.38. The van der Waals surface area contributed by atoms with E-state index in [4.69, 9.17) is 5.26 Å². The van der Waals surface area contributed by atoms with Crippen molar-refractivity contribution in [2.75, 3.05) is 0 Å². The maximum absolute atomic E-state index is 8.89. The second kappa shape index (κ2) is 12.1. The summed E-state index contributed by atoms with van der Waals surface area (Å²) in [7, 11) is 0. The number of rotatable bonds is 7. The van der Waals surface area contributed by atoms with Gasteiger partial charge < -0.3 is 0 Å². The lowest BCUT2D eigenvalue weighted by Gasteiger charge is -2.28. The van der Waals surface area contributed by atoms with Crippen LogP contribution in [0.25, 0.3) is 11.1 Å². The summed E-state index contributed by atoms with van der Waals surface area (Å²) in [6.07, 6.45) is 12.7. The van der Waals surface area contributed by atoms with E-state index in [0.29, 0.717) is 5.56 Å². The smallest absolute Gasteiger partial charge is 0.0991 e. The van der Waals surface area contributed by atoms with Crippen molar-refractivity contribution >= 4 is 0 Å². The van der Waals surface area contributed by atoms with Gasteiger partial charge >= 0.3 is 0 Å². The molecule has 34 heavy (non-hydrogen) atoms. The van der Waals surface area contributed by atoms with Crippen LogP contribution in [0.4, 0.5) is 0 Å². The molecule has 1 aliphatic carbocycles. The third-order valence-electron chi connectivity index (χ3n) is 7.12. The van der Waals surface area contributed by atoms with Crippen LogP contribution >= 0.6 is 0 Å². The van der Waals surface area contributed by atoms with Crippen LogP contribution in [0.2, 0.25) is 0 Å². The first-order valence-corrected chi connectivity index (χ1v) is 12.6. The molecule has 0 aliphatic heterocycles. The van der Waals surface area contributed by atoms with Crippen LogP contribution in [0.1, 0.15) is 67.2 Å². The Balaban J connectivity index is 1.28. The summed E-state index contributed by atoms with van der Waals surface area (Å²) in [5.74, 6) is 8.21.